The number of halogens is 2. The topological polar surface area (TPSA) is 32.3 Å². The first-order valence-electron chi connectivity index (χ1n) is 7.08. The Bertz CT molecular complexity index is 514. The zero-order chi connectivity index (χ0) is 14.3. The maximum atomic E-state index is 12.7. The van der Waals surface area contributed by atoms with Crippen LogP contribution in [0.15, 0.2) is 18.2 Å². The number of amides is 1. The smallest absolute Gasteiger partial charge is 0.254 e. The van der Waals surface area contributed by atoms with Crippen molar-refractivity contribution >= 4 is 29.1 Å². The van der Waals surface area contributed by atoms with Gasteiger partial charge in [-0.3, -0.25) is 4.79 Å². The van der Waals surface area contributed by atoms with Gasteiger partial charge in [0.1, 0.15) is 0 Å². The van der Waals surface area contributed by atoms with Crippen LogP contribution in [-0.4, -0.2) is 36.5 Å². The van der Waals surface area contributed by atoms with E-state index in [4.69, 9.17) is 23.2 Å². The van der Waals surface area contributed by atoms with Crippen LogP contribution in [0.1, 0.15) is 23.7 Å². The van der Waals surface area contributed by atoms with Crippen LogP contribution < -0.4 is 5.32 Å². The lowest BCUT2D eigenvalue weighted by molar-refractivity contribution is 0.0711. The number of fused-ring (bicyclic) bond motifs is 1. The van der Waals surface area contributed by atoms with Crippen molar-refractivity contribution < 1.29 is 4.79 Å². The molecule has 1 aromatic carbocycles. The van der Waals surface area contributed by atoms with Crippen LogP contribution in [0, 0.1) is 11.8 Å². The number of nitrogens with one attached hydrogen (secondary N) is 1. The van der Waals surface area contributed by atoms with Crippen LogP contribution in [0.2, 0.25) is 10.0 Å². The molecule has 3 atom stereocenters. The molecule has 2 aliphatic rings. The summed E-state index contributed by atoms with van der Waals surface area (Å²) in [6.45, 7) is 5.01. The largest absolute Gasteiger partial charge is 0.335 e. The van der Waals surface area contributed by atoms with Gasteiger partial charge in [0.05, 0.1) is 0 Å². The molecule has 3 nitrogen and oxygen atoms in total. The number of rotatable bonds is 2. The second-order valence-electron chi connectivity index (χ2n) is 5.67. The molecule has 20 heavy (non-hydrogen) atoms. The minimum Gasteiger partial charge on any atom is -0.335 e. The van der Waals surface area contributed by atoms with Crippen molar-refractivity contribution in [1.82, 2.24) is 10.2 Å². The van der Waals surface area contributed by atoms with Gasteiger partial charge < -0.3 is 10.2 Å². The maximum absolute atomic E-state index is 12.7. The number of carbonyl (C=O) groups is 1. The minimum atomic E-state index is 0.0515. The molecule has 1 aromatic rings. The van der Waals surface area contributed by atoms with E-state index >= 15 is 0 Å². The predicted molar refractivity (Wildman–Crippen MR) is 81.4 cm³/mol. The van der Waals surface area contributed by atoms with Gasteiger partial charge in [-0.25, -0.2) is 0 Å². The van der Waals surface area contributed by atoms with Gasteiger partial charge >= 0.3 is 0 Å². The summed E-state index contributed by atoms with van der Waals surface area (Å²) in [5.41, 5.74) is 0.592. The van der Waals surface area contributed by atoms with E-state index in [9.17, 15) is 4.79 Å². The molecule has 2 aliphatic heterocycles. The molecule has 2 heterocycles. The highest BCUT2D eigenvalue weighted by atomic mass is 35.5. The summed E-state index contributed by atoms with van der Waals surface area (Å²) < 4.78 is 0. The Balaban J connectivity index is 1.86. The third-order valence-corrected chi connectivity index (χ3v) is 4.94. The molecule has 2 fully saturated rings. The molecule has 0 spiro atoms. The summed E-state index contributed by atoms with van der Waals surface area (Å²) in [6, 6.07) is 5.38. The van der Waals surface area contributed by atoms with Crippen LogP contribution in [0.3, 0.4) is 0 Å². The molecule has 0 radical (unpaired) electrons. The summed E-state index contributed by atoms with van der Waals surface area (Å²) in [5.74, 6) is 1.22. The highest BCUT2D eigenvalue weighted by Gasteiger charge is 2.45. The quantitative estimate of drug-likeness (QED) is 0.910. The fourth-order valence-corrected chi connectivity index (χ4v) is 4.15. The highest BCUT2D eigenvalue weighted by Crippen LogP contribution is 2.35. The van der Waals surface area contributed by atoms with Crippen molar-refractivity contribution in [2.45, 2.75) is 19.4 Å². The zero-order valence-electron chi connectivity index (χ0n) is 11.4. The maximum Gasteiger partial charge on any atom is 0.254 e. The standard InChI is InChI=1S/C15H18Cl2N2O/c1-2-14-13-7-18-6-10(13)8-19(14)15(20)9-3-11(16)5-12(17)4-9/h3-5,10,13-14,18H,2,6-8H2,1H3. The van der Waals surface area contributed by atoms with Gasteiger partial charge in [0.25, 0.3) is 5.91 Å². The molecular weight excluding hydrogens is 295 g/mol. The van der Waals surface area contributed by atoms with Crippen molar-refractivity contribution in [1.29, 1.82) is 0 Å². The zero-order valence-corrected chi connectivity index (χ0v) is 12.9. The summed E-state index contributed by atoms with van der Waals surface area (Å²) in [7, 11) is 0. The molecule has 1 amide bonds. The van der Waals surface area contributed by atoms with Crippen LogP contribution >= 0.6 is 23.2 Å². The van der Waals surface area contributed by atoms with Crippen molar-refractivity contribution in [3.05, 3.63) is 33.8 Å². The average molecular weight is 313 g/mol. The third-order valence-electron chi connectivity index (χ3n) is 4.51. The van der Waals surface area contributed by atoms with Crippen LogP contribution in [0.4, 0.5) is 0 Å². The molecule has 0 aliphatic carbocycles. The van der Waals surface area contributed by atoms with Gasteiger partial charge in [-0.05, 0) is 36.5 Å². The van der Waals surface area contributed by atoms with Gasteiger partial charge in [0.2, 0.25) is 0 Å². The minimum absolute atomic E-state index is 0.0515. The lowest BCUT2D eigenvalue weighted by atomic mass is 9.93. The molecule has 0 saturated carbocycles. The third kappa shape index (κ3) is 2.43. The Labute approximate surface area is 129 Å². The Kier molecular flexibility index (Phi) is 3.93. The summed E-state index contributed by atoms with van der Waals surface area (Å²) in [6.07, 6.45) is 0.989. The monoisotopic (exact) mass is 312 g/mol. The van der Waals surface area contributed by atoms with E-state index in [0.29, 0.717) is 33.5 Å². The second kappa shape index (κ2) is 5.55. The van der Waals surface area contributed by atoms with E-state index in [-0.39, 0.29) is 5.91 Å². The fourth-order valence-electron chi connectivity index (χ4n) is 3.62. The fraction of sp³-hybridized carbons (Fsp3) is 0.533. The molecular formula is C15H18Cl2N2O. The van der Waals surface area contributed by atoms with Crippen molar-refractivity contribution in [3.63, 3.8) is 0 Å². The molecule has 0 bridgehead atoms. The Morgan fingerprint density at radius 1 is 1.30 bits per heavy atom. The number of nitrogens with zero attached hydrogens (tertiary/aromatic N) is 1. The lowest BCUT2D eigenvalue weighted by Crippen LogP contribution is -2.39. The molecule has 1 N–H and O–H groups in total. The summed E-state index contributed by atoms with van der Waals surface area (Å²) >= 11 is 12.0. The first-order valence-corrected chi connectivity index (χ1v) is 7.83. The summed E-state index contributed by atoms with van der Waals surface area (Å²) in [4.78, 5) is 14.8. The Hall–Kier alpha value is -0.770. The number of hydrogen-bond donors (Lipinski definition) is 1. The molecule has 3 unspecified atom stereocenters. The van der Waals surface area contributed by atoms with Gasteiger partial charge in [0, 0.05) is 41.3 Å². The van der Waals surface area contributed by atoms with Crippen LogP contribution in [-0.2, 0) is 0 Å². The number of hydrogen-bond acceptors (Lipinski definition) is 2. The highest BCUT2D eigenvalue weighted by molar-refractivity contribution is 6.35. The van der Waals surface area contributed by atoms with Gasteiger partial charge in [-0.1, -0.05) is 30.1 Å². The van der Waals surface area contributed by atoms with E-state index < -0.39 is 0 Å². The predicted octanol–water partition coefficient (Wildman–Crippen LogP) is 3.06. The van der Waals surface area contributed by atoms with E-state index in [1.165, 1.54) is 0 Å². The summed E-state index contributed by atoms with van der Waals surface area (Å²) in [5, 5.41) is 4.44. The molecule has 0 aromatic heterocycles. The first-order chi connectivity index (χ1) is 9.60. The average Bonchev–Trinajstić information content (AvgIpc) is 2.96. The van der Waals surface area contributed by atoms with Crippen molar-refractivity contribution in [2.24, 2.45) is 11.8 Å². The van der Waals surface area contributed by atoms with Crippen molar-refractivity contribution in [3.8, 4) is 0 Å². The van der Waals surface area contributed by atoms with E-state index in [2.05, 4.69) is 12.2 Å². The van der Waals surface area contributed by atoms with Gasteiger partial charge in [-0.15, -0.1) is 0 Å². The normalized spacial score (nSPS) is 28.8. The van der Waals surface area contributed by atoms with Gasteiger partial charge in [0.15, 0.2) is 0 Å². The Morgan fingerprint density at radius 2 is 2.00 bits per heavy atom. The van der Waals surface area contributed by atoms with E-state index in [1.54, 1.807) is 18.2 Å². The first kappa shape index (κ1) is 14.2. The lowest BCUT2D eigenvalue weighted by Gasteiger charge is -2.27. The number of benzene rings is 1. The van der Waals surface area contributed by atoms with E-state index in [0.717, 1.165) is 26.1 Å². The van der Waals surface area contributed by atoms with Gasteiger partial charge in [-0.2, -0.15) is 0 Å². The molecule has 2 saturated heterocycles. The van der Waals surface area contributed by atoms with E-state index in [1.807, 2.05) is 4.90 Å². The molecule has 3 rings (SSSR count). The van der Waals surface area contributed by atoms with Crippen LogP contribution in [0.5, 0.6) is 0 Å². The van der Waals surface area contributed by atoms with Crippen LogP contribution in [0.25, 0.3) is 0 Å². The Morgan fingerprint density at radius 3 is 2.65 bits per heavy atom. The number of likely N-dealkylation sites (tertiary alicyclic amines) is 1. The molecule has 108 valence electrons. The SMILES string of the molecule is CCC1C2CNCC2CN1C(=O)c1cc(Cl)cc(Cl)c1. The second-order valence-corrected chi connectivity index (χ2v) is 6.55. The van der Waals surface area contributed by atoms with Crippen molar-refractivity contribution in [2.75, 3.05) is 19.6 Å². The molecule has 5 heteroatoms. The number of carbonyl (C=O) groups excluding carboxylic acids is 1.